The molecule has 3 aromatic heterocycles. The Morgan fingerprint density at radius 2 is 2.14 bits per heavy atom. The minimum Gasteiger partial charge on any atom is -0.358 e. The molecule has 1 aromatic carbocycles. The Bertz CT molecular complexity index is 1160. The number of hydrogen-bond donors (Lipinski definition) is 2. The van der Waals surface area contributed by atoms with Gasteiger partial charge in [0.05, 0.1) is 11.1 Å². The summed E-state index contributed by atoms with van der Waals surface area (Å²) in [7, 11) is 0. The zero-order valence-electron chi connectivity index (χ0n) is 15.4. The predicted molar refractivity (Wildman–Crippen MR) is 111 cm³/mol. The minimum atomic E-state index is -0.180. The van der Waals surface area contributed by atoms with Gasteiger partial charge in [0.25, 0.3) is 5.91 Å². The lowest BCUT2D eigenvalue weighted by molar-refractivity contribution is 0.102. The van der Waals surface area contributed by atoms with Gasteiger partial charge in [-0.1, -0.05) is 36.5 Å². The molecule has 0 spiro atoms. The normalized spacial score (nSPS) is 16.1. The average molecular weight is 389 g/mol. The number of amides is 1. The van der Waals surface area contributed by atoms with Gasteiger partial charge < -0.3 is 4.98 Å². The van der Waals surface area contributed by atoms with Crippen molar-refractivity contribution in [2.75, 3.05) is 5.32 Å². The van der Waals surface area contributed by atoms with E-state index in [4.69, 9.17) is 0 Å². The molecule has 1 atom stereocenters. The molecule has 6 nitrogen and oxygen atoms in total. The molecule has 3 heterocycles. The number of benzene rings is 1. The fourth-order valence-electron chi connectivity index (χ4n) is 3.84. The van der Waals surface area contributed by atoms with Crippen LogP contribution in [0.25, 0.3) is 21.6 Å². The standard InChI is InChI=1S/C21H19N5OS/c1-12-8-9-16-15(11-12)13-5-4-6-14(18(13)23-16)19(27)24-21-26-25-20(28-21)17-7-2-3-10-22-17/h2-7,10,12,23H,8-9,11H2,1H3,(H,24,26,27). The van der Waals surface area contributed by atoms with E-state index in [0.29, 0.717) is 21.6 Å². The molecule has 1 aliphatic carbocycles. The van der Waals surface area contributed by atoms with Crippen LogP contribution in [0.3, 0.4) is 0 Å². The third kappa shape index (κ3) is 2.97. The maximum absolute atomic E-state index is 12.9. The van der Waals surface area contributed by atoms with E-state index in [9.17, 15) is 4.79 Å². The lowest BCUT2D eigenvalue weighted by atomic mass is 9.87. The molecule has 4 aromatic rings. The van der Waals surface area contributed by atoms with E-state index in [2.05, 4.69) is 38.5 Å². The van der Waals surface area contributed by atoms with Crippen LogP contribution in [0.15, 0.2) is 42.6 Å². The molecule has 0 aliphatic heterocycles. The number of rotatable bonds is 3. The summed E-state index contributed by atoms with van der Waals surface area (Å²) >= 11 is 1.32. The fourth-order valence-corrected chi connectivity index (χ4v) is 4.55. The SMILES string of the molecule is CC1CCc2[nH]c3c(C(=O)Nc4nnc(-c5ccccn5)s4)cccc3c2C1. The molecule has 140 valence electrons. The average Bonchev–Trinajstić information content (AvgIpc) is 3.33. The number of pyridine rings is 1. The van der Waals surface area contributed by atoms with Gasteiger partial charge in [-0.25, -0.2) is 0 Å². The summed E-state index contributed by atoms with van der Waals surface area (Å²) in [5.74, 6) is 0.497. The first-order valence-electron chi connectivity index (χ1n) is 9.38. The number of aromatic amines is 1. The van der Waals surface area contributed by atoms with E-state index in [1.807, 2.05) is 30.3 Å². The Hall–Kier alpha value is -3.06. The van der Waals surface area contributed by atoms with Gasteiger partial charge in [-0.05, 0) is 48.9 Å². The van der Waals surface area contributed by atoms with Gasteiger partial charge in [0.1, 0.15) is 5.69 Å². The van der Waals surface area contributed by atoms with Crippen LogP contribution in [0, 0.1) is 5.92 Å². The van der Waals surface area contributed by atoms with Crippen molar-refractivity contribution in [3.63, 3.8) is 0 Å². The molecule has 0 bridgehead atoms. The number of nitrogens with one attached hydrogen (secondary N) is 2. The minimum absolute atomic E-state index is 0.180. The quantitative estimate of drug-likeness (QED) is 0.542. The summed E-state index contributed by atoms with van der Waals surface area (Å²) in [5.41, 5.74) is 4.91. The van der Waals surface area contributed by atoms with E-state index >= 15 is 0 Å². The predicted octanol–water partition coefficient (Wildman–Crippen LogP) is 4.46. The van der Waals surface area contributed by atoms with Crippen LogP contribution in [0.5, 0.6) is 0 Å². The summed E-state index contributed by atoms with van der Waals surface area (Å²) in [6.07, 6.45) is 4.99. The monoisotopic (exact) mass is 389 g/mol. The molecular weight excluding hydrogens is 370 g/mol. The van der Waals surface area contributed by atoms with Crippen molar-refractivity contribution in [3.8, 4) is 10.7 Å². The van der Waals surface area contributed by atoms with Crippen molar-refractivity contribution >= 4 is 33.3 Å². The number of carbonyl (C=O) groups excluding carboxylic acids is 1. The van der Waals surface area contributed by atoms with Crippen LogP contribution < -0.4 is 5.32 Å². The van der Waals surface area contributed by atoms with E-state index in [1.165, 1.54) is 29.0 Å². The van der Waals surface area contributed by atoms with Gasteiger partial charge >= 0.3 is 0 Å². The van der Waals surface area contributed by atoms with Crippen molar-refractivity contribution in [1.82, 2.24) is 20.2 Å². The second kappa shape index (κ2) is 6.83. The highest BCUT2D eigenvalue weighted by molar-refractivity contribution is 7.18. The van der Waals surface area contributed by atoms with E-state index in [0.717, 1.165) is 29.4 Å². The molecule has 28 heavy (non-hydrogen) atoms. The number of nitrogens with zero attached hydrogens (tertiary/aromatic N) is 3. The number of aryl methyl sites for hydroxylation is 1. The third-order valence-electron chi connectivity index (χ3n) is 5.24. The first-order valence-corrected chi connectivity index (χ1v) is 10.2. The van der Waals surface area contributed by atoms with Gasteiger partial charge in [0, 0.05) is 17.3 Å². The molecule has 0 saturated carbocycles. The van der Waals surface area contributed by atoms with Crippen molar-refractivity contribution in [2.45, 2.75) is 26.2 Å². The highest BCUT2D eigenvalue weighted by atomic mass is 32.1. The highest BCUT2D eigenvalue weighted by Gasteiger charge is 2.22. The first-order chi connectivity index (χ1) is 13.7. The van der Waals surface area contributed by atoms with Crippen LogP contribution >= 0.6 is 11.3 Å². The van der Waals surface area contributed by atoms with Crippen molar-refractivity contribution < 1.29 is 4.79 Å². The molecule has 2 N–H and O–H groups in total. The van der Waals surface area contributed by atoms with Crippen molar-refractivity contribution in [2.24, 2.45) is 5.92 Å². The third-order valence-corrected chi connectivity index (χ3v) is 6.10. The molecule has 5 rings (SSSR count). The molecular formula is C21H19N5OS. The number of aromatic nitrogens is 4. The smallest absolute Gasteiger partial charge is 0.259 e. The van der Waals surface area contributed by atoms with Gasteiger partial charge in [0.2, 0.25) is 5.13 Å². The Morgan fingerprint density at radius 3 is 3.00 bits per heavy atom. The largest absolute Gasteiger partial charge is 0.358 e. The lowest BCUT2D eigenvalue weighted by Gasteiger charge is -2.17. The summed E-state index contributed by atoms with van der Waals surface area (Å²) in [6.45, 7) is 2.28. The Kier molecular flexibility index (Phi) is 4.16. The van der Waals surface area contributed by atoms with E-state index < -0.39 is 0 Å². The van der Waals surface area contributed by atoms with Crippen molar-refractivity contribution in [1.29, 1.82) is 0 Å². The summed E-state index contributed by atoms with van der Waals surface area (Å²) in [4.78, 5) is 20.7. The maximum atomic E-state index is 12.9. The van der Waals surface area contributed by atoms with Gasteiger partial charge in [-0.2, -0.15) is 0 Å². The van der Waals surface area contributed by atoms with E-state index in [-0.39, 0.29) is 5.91 Å². The highest BCUT2D eigenvalue weighted by Crippen LogP contribution is 2.33. The summed E-state index contributed by atoms with van der Waals surface area (Å²) in [5, 5.41) is 13.4. The second-order valence-corrected chi connectivity index (χ2v) is 8.22. The summed E-state index contributed by atoms with van der Waals surface area (Å²) < 4.78 is 0. The number of anilines is 1. The van der Waals surface area contributed by atoms with Crippen molar-refractivity contribution in [3.05, 3.63) is 59.4 Å². The Balaban J connectivity index is 1.45. The van der Waals surface area contributed by atoms with Gasteiger partial charge in [0.15, 0.2) is 5.01 Å². The molecule has 1 amide bonds. The number of para-hydroxylation sites is 1. The molecule has 0 radical (unpaired) electrons. The Morgan fingerprint density at radius 1 is 1.21 bits per heavy atom. The molecule has 1 aliphatic rings. The molecule has 0 saturated heterocycles. The topological polar surface area (TPSA) is 83.6 Å². The molecule has 0 fully saturated rings. The second-order valence-electron chi connectivity index (χ2n) is 7.24. The molecule has 7 heteroatoms. The lowest BCUT2D eigenvalue weighted by Crippen LogP contribution is -2.12. The van der Waals surface area contributed by atoms with Crippen LogP contribution in [-0.2, 0) is 12.8 Å². The van der Waals surface area contributed by atoms with Crippen LogP contribution in [0.1, 0.15) is 35.0 Å². The van der Waals surface area contributed by atoms with E-state index in [1.54, 1.807) is 6.20 Å². The number of fused-ring (bicyclic) bond motifs is 3. The first kappa shape index (κ1) is 17.1. The van der Waals surface area contributed by atoms with Gasteiger partial charge in [-0.3, -0.25) is 15.1 Å². The van der Waals surface area contributed by atoms with Crippen LogP contribution in [0.2, 0.25) is 0 Å². The summed E-state index contributed by atoms with van der Waals surface area (Å²) in [6, 6.07) is 11.5. The zero-order valence-corrected chi connectivity index (χ0v) is 16.2. The van der Waals surface area contributed by atoms with Crippen LogP contribution in [-0.4, -0.2) is 26.1 Å². The molecule has 1 unspecified atom stereocenters. The number of H-pyrrole nitrogens is 1. The van der Waals surface area contributed by atoms with Gasteiger partial charge in [-0.15, -0.1) is 10.2 Å². The Labute approximate surface area is 166 Å². The fraction of sp³-hybridized carbons (Fsp3) is 0.238. The number of carbonyl (C=O) groups is 1. The zero-order chi connectivity index (χ0) is 19.1. The number of hydrogen-bond acceptors (Lipinski definition) is 5. The maximum Gasteiger partial charge on any atom is 0.259 e. The van der Waals surface area contributed by atoms with Crippen LogP contribution in [0.4, 0.5) is 5.13 Å².